The number of carbonyl (C=O) groups excluding carboxylic acids is 1. The van der Waals surface area contributed by atoms with Crippen LogP contribution in [0, 0.1) is 10.4 Å². The molecule has 8 nitrogen and oxygen atoms in total. The van der Waals surface area contributed by atoms with Crippen LogP contribution in [0.15, 0.2) is 5.28 Å². The first-order chi connectivity index (χ1) is 8.19. The monoisotopic (exact) mass is 268 g/mol. The molecule has 0 saturated carbocycles. The van der Waals surface area contributed by atoms with Crippen LogP contribution in [0.5, 0.6) is 0 Å². The fourth-order valence-electron chi connectivity index (χ4n) is 1.50. The molecule has 0 N–H and O–H groups in total. The summed E-state index contributed by atoms with van der Waals surface area (Å²) in [6, 6.07) is 0. The molecule has 0 aromatic rings. The molecule has 0 aromatic carbocycles. The number of hydrogen-bond acceptors (Lipinski definition) is 5. The van der Waals surface area contributed by atoms with Gasteiger partial charge < -0.3 is 20.1 Å². The third-order valence-electron chi connectivity index (χ3n) is 2.55. The van der Waals surface area contributed by atoms with Gasteiger partial charge >= 0.3 is 35.7 Å². The van der Waals surface area contributed by atoms with Crippen LogP contribution in [0.3, 0.4) is 0 Å². The van der Waals surface area contributed by atoms with Gasteiger partial charge in [-0.15, -0.1) is 5.01 Å². The molecule has 0 unspecified atom stereocenters. The molecule has 0 radical (unpaired) electrons. The minimum atomic E-state index is -0.366. The predicted octanol–water partition coefficient (Wildman–Crippen LogP) is -2.08. The van der Waals surface area contributed by atoms with Crippen LogP contribution in [0.4, 0.5) is 4.79 Å². The van der Waals surface area contributed by atoms with E-state index in [-0.39, 0.29) is 53.7 Å². The van der Waals surface area contributed by atoms with Crippen molar-refractivity contribution in [1.29, 1.82) is 0 Å². The van der Waals surface area contributed by atoms with Crippen molar-refractivity contribution in [3.63, 3.8) is 0 Å². The smallest absolute Gasteiger partial charge is 0.737 e. The number of nitrogens with zero attached hydrogens (tertiary/aromatic N) is 4. The standard InChI is InChI=1S/C9H18N4O4.Na/c1-2-3-8-17-9(14)11-4-6-12(7-5-11)13(16)10-15;/h15H,2-8H2,1H3;/q;+1/p-1/b13-10-;. The number of amides is 1. The van der Waals surface area contributed by atoms with E-state index >= 15 is 0 Å². The molecule has 0 aliphatic carbocycles. The molecular weight excluding hydrogens is 251 g/mol. The molecular formula is C9H17N4NaO4. The van der Waals surface area contributed by atoms with E-state index in [2.05, 4.69) is 5.28 Å². The average Bonchev–Trinajstić information content (AvgIpc) is 2.38. The van der Waals surface area contributed by atoms with Crippen molar-refractivity contribution < 1.29 is 44.1 Å². The first-order valence-electron chi connectivity index (χ1n) is 5.66. The quantitative estimate of drug-likeness (QED) is 0.192. The fraction of sp³-hybridized carbons (Fsp3) is 0.889. The first kappa shape index (κ1) is 17.3. The molecule has 0 aromatic heterocycles. The van der Waals surface area contributed by atoms with Crippen molar-refractivity contribution in [3.05, 3.63) is 10.4 Å². The molecule has 1 heterocycles. The molecule has 18 heavy (non-hydrogen) atoms. The van der Waals surface area contributed by atoms with Gasteiger partial charge in [0.2, 0.25) is 0 Å². The molecule has 1 aliphatic rings. The summed E-state index contributed by atoms with van der Waals surface area (Å²) in [5, 5.41) is 24.4. The number of rotatable bonds is 4. The summed E-state index contributed by atoms with van der Waals surface area (Å²) in [5.41, 5.74) is 0. The molecule has 1 aliphatic heterocycles. The van der Waals surface area contributed by atoms with Crippen LogP contribution in [0.1, 0.15) is 19.8 Å². The Morgan fingerprint density at radius 1 is 1.39 bits per heavy atom. The Balaban J connectivity index is 0.00000289. The van der Waals surface area contributed by atoms with Gasteiger partial charge in [0.15, 0.2) is 0 Å². The van der Waals surface area contributed by atoms with Crippen LogP contribution < -0.4 is 29.6 Å². The van der Waals surface area contributed by atoms with Crippen molar-refractivity contribution >= 4 is 6.09 Å². The summed E-state index contributed by atoms with van der Waals surface area (Å²) in [6.45, 7) is 3.73. The van der Waals surface area contributed by atoms with E-state index in [1.165, 1.54) is 9.91 Å². The van der Waals surface area contributed by atoms with Gasteiger partial charge in [-0.25, -0.2) is 4.79 Å². The SMILES string of the molecule is CCCCOC(=O)N1CCN(/[N+]([O-])=N/[O-])CC1.[Na+]. The van der Waals surface area contributed by atoms with Gasteiger partial charge in [0.05, 0.1) is 19.7 Å². The molecule has 0 atom stereocenters. The summed E-state index contributed by atoms with van der Waals surface area (Å²) in [6.07, 6.45) is 1.45. The van der Waals surface area contributed by atoms with Crippen molar-refractivity contribution in [2.45, 2.75) is 19.8 Å². The second-order valence-corrected chi connectivity index (χ2v) is 3.74. The Morgan fingerprint density at radius 3 is 2.50 bits per heavy atom. The van der Waals surface area contributed by atoms with Crippen molar-refractivity contribution in [2.75, 3.05) is 32.8 Å². The van der Waals surface area contributed by atoms with E-state index in [4.69, 9.17) is 4.74 Å². The number of ether oxygens (including phenoxy) is 1. The van der Waals surface area contributed by atoms with E-state index in [1.807, 2.05) is 6.92 Å². The normalized spacial score (nSPS) is 16.2. The third kappa shape index (κ3) is 5.28. The van der Waals surface area contributed by atoms with Gasteiger partial charge in [-0.1, -0.05) is 13.3 Å². The zero-order valence-electron chi connectivity index (χ0n) is 10.9. The van der Waals surface area contributed by atoms with Crippen molar-refractivity contribution in [3.8, 4) is 0 Å². The summed E-state index contributed by atoms with van der Waals surface area (Å²) < 4.78 is 5.04. The second-order valence-electron chi connectivity index (χ2n) is 3.74. The topological polar surface area (TPSA) is 94.3 Å². The zero-order valence-corrected chi connectivity index (χ0v) is 12.9. The summed E-state index contributed by atoms with van der Waals surface area (Å²) in [4.78, 5) is 13.1. The number of hydrogen-bond donors (Lipinski definition) is 0. The zero-order chi connectivity index (χ0) is 12.7. The van der Waals surface area contributed by atoms with E-state index < -0.39 is 0 Å². The molecule has 0 bridgehead atoms. The Bertz CT molecular complexity index is 282. The number of unbranched alkanes of at least 4 members (excludes halogenated alkanes) is 1. The molecule has 0 spiro atoms. The van der Waals surface area contributed by atoms with E-state index in [0.717, 1.165) is 12.8 Å². The van der Waals surface area contributed by atoms with Crippen molar-refractivity contribution in [2.24, 2.45) is 5.28 Å². The van der Waals surface area contributed by atoms with Crippen LogP contribution >= 0.6 is 0 Å². The van der Waals surface area contributed by atoms with E-state index in [0.29, 0.717) is 19.7 Å². The van der Waals surface area contributed by atoms with E-state index in [9.17, 15) is 15.2 Å². The van der Waals surface area contributed by atoms with Gasteiger partial charge in [0.1, 0.15) is 0 Å². The Morgan fingerprint density at radius 2 is 2.00 bits per heavy atom. The maximum absolute atomic E-state index is 11.5. The summed E-state index contributed by atoms with van der Waals surface area (Å²) in [5.74, 6) is 0. The molecule has 9 heteroatoms. The average molecular weight is 268 g/mol. The first-order valence-corrected chi connectivity index (χ1v) is 5.66. The maximum Gasteiger partial charge on any atom is 1.00 e. The molecule has 1 amide bonds. The molecule has 1 fully saturated rings. The van der Waals surface area contributed by atoms with Crippen LogP contribution in [-0.4, -0.2) is 53.8 Å². The van der Waals surface area contributed by atoms with Crippen LogP contribution in [0.2, 0.25) is 0 Å². The fourth-order valence-corrected chi connectivity index (χ4v) is 1.50. The molecule has 1 rings (SSSR count). The molecule has 1 saturated heterocycles. The van der Waals surface area contributed by atoms with Crippen molar-refractivity contribution in [1.82, 2.24) is 9.91 Å². The third-order valence-corrected chi connectivity index (χ3v) is 2.55. The van der Waals surface area contributed by atoms with Crippen LogP contribution in [0.25, 0.3) is 0 Å². The van der Waals surface area contributed by atoms with Crippen LogP contribution in [-0.2, 0) is 4.74 Å². The summed E-state index contributed by atoms with van der Waals surface area (Å²) in [7, 11) is 0. The number of piperazine rings is 1. The Labute approximate surface area is 128 Å². The van der Waals surface area contributed by atoms with Gasteiger partial charge in [-0.3, -0.25) is 0 Å². The predicted molar refractivity (Wildman–Crippen MR) is 58.8 cm³/mol. The maximum atomic E-state index is 11.5. The van der Waals surface area contributed by atoms with E-state index in [1.54, 1.807) is 0 Å². The minimum Gasteiger partial charge on any atom is -0.737 e. The van der Waals surface area contributed by atoms with Gasteiger partial charge in [0, 0.05) is 18.1 Å². The Hall–Kier alpha value is -0.730. The minimum absolute atomic E-state index is 0. The van der Waals surface area contributed by atoms with Gasteiger partial charge in [-0.05, 0) is 11.7 Å². The number of carbonyl (C=O) groups is 1. The van der Waals surface area contributed by atoms with Gasteiger partial charge in [-0.2, -0.15) is 0 Å². The largest absolute Gasteiger partial charge is 1.00 e. The van der Waals surface area contributed by atoms with Gasteiger partial charge in [0.25, 0.3) is 0 Å². The second kappa shape index (κ2) is 9.23. The number of hydrazine groups is 1. The molecule has 98 valence electrons. The Kier molecular flexibility index (Phi) is 8.86. The summed E-state index contributed by atoms with van der Waals surface area (Å²) >= 11 is 0.